The molecule has 0 unspecified atom stereocenters. The molecule has 0 radical (unpaired) electrons. The lowest BCUT2D eigenvalue weighted by atomic mass is 10.0. The predicted octanol–water partition coefficient (Wildman–Crippen LogP) is 4.62. The molecule has 4 nitrogen and oxygen atoms in total. The number of piperidine rings is 1. The third-order valence-corrected chi connectivity index (χ3v) is 4.83. The Morgan fingerprint density at radius 1 is 1.04 bits per heavy atom. The molecule has 2 heterocycles. The summed E-state index contributed by atoms with van der Waals surface area (Å²) in [6.07, 6.45) is 7.21. The number of nitrogens with zero attached hydrogens (tertiary/aromatic N) is 2. The van der Waals surface area contributed by atoms with E-state index >= 15 is 0 Å². The second kappa shape index (κ2) is 7.12. The van der Waals surface area contributed by atoms with E-state index in [0.29, 0.717) is 11.3 Å². The minimum Gasteiger partial charge on any atom is -0.371 e. The van der Waals surface area contributed by atoms with Gasteiger partial charge >= 0.3 is 0 Å². The Hall–Kier alpha value is -2.95. The number of carbonyl (C=O) groups is 1. The van der Waals surface area contributed by atoms with Gasteiger partial charge in [0.15, 0.2) is 0 Å². The topological polar surface area (TPSA) is 45.2 Å². The molecule has 4 rings (SSSR count). The minimum absolute atomic E-state index is 0.294. The van der Waals surface area contributed by atoms with Crippen molar-refractivity contribution in [1.82, 2.24) is 4.98 Å². The van der Waals surface area contributed by atoms with E-state index in [4.69, 9.17) is 0 Å². The van der Waals surface area contributed by atoms with Crippen molar-refractivity contribution in [1.29, 1.82) is 0 Å². The number of anilines is 2. The molecule has 0 spiro atoms. The molecular formula is C21H20FN3O. The first-order valence-corrected chi connectivity index (χ1v) is 8.91. The highest BCUT2D eigenvalue weighted by Crippen LogP contribution is 2.33. The van der Waals surface area contributed by atoms with Gasteiger partial charge in [0, 0.05) is 47.5 Å². The van der Waals surface area contributed by atoms with E-state index in [1.807, 2.05) is 12.1 Å². The molecule has 1 fully saturated rings. The van der Waals surface area contributed by atoms with Crippen molar-refractivity contribution >= 4 is 28.1 Å². The van der Waals surface area contributed by atoms with Crippen molar-refractivity contribution in [2.24, 2.45) is 0 Å². The van der Waals surface area contributed by atoms with Gasteiger partial charge in [-0.15, -0.1) is 0 Å². The van der Waals surface area contributed by atoms with Crippen molar-refractivity contribution < 1.29 is 9.18 Å². The molecule has 1 aromatic heterocycles. The van der Waals surface area contributed by atoms with Crippen LogP contribution in [0.15, 0.2) is 54.9 Å². The van der Waals surface area contributed by atoms with E-state index < -0.39 is 5.82 Å². The molecule has 132 valence electrons. The summed E-state index contributed by atoms with van der Waals surface area (Å²) in [7, 11) is 0. The van der Waals surface area contributed by atoms with Gasteiger partial charge in [0.25, 0.3) is 5.91 Å². The van der Waals surface area contributed by atoms with Crippen LogP contribution in [0.1, 0.15) is 29.6 Å². The average Bonchev–Trinajstić information content (AvgIpc) is 2.69. The largest absolute Gasteiger partial charge is 0.371 e. The van der Waals surface area contributed by atoms with Gasteiger partial charge in [-0.25, -0.2) is 4.39 Å². The van der Waals surface area contributed by atoms with Crippen molar-refractivity contribution in [2.75, 3.05) is 23.3 Å². The van der Waals surface area contributed by atoms with Crippen LogP contribution < -0.4 is 10.2 Å². The molecule has 0 atom stereocenters. The van der Waals surface area contributed by atoms with Gasteiger partial charge in [0.05, 0.1) is 5.69 Å². The van der Waals surface area contributed by atoms with E-state index in [1.54, 1.807) is 18.5 Å². The van der Waals surface area contributed by atoms with Gasteiger partial charge < -0.3 is 10.2 Å². The zero-order chi connectivity index (χ0) is 17.9. The van der Waals surface area contributed by atoms with Gasteiger partial charge in [0.1, 0.15) is 5.82 Å². The summed E-state index contributed by atoms with van der Waals surface area (Å²) in [6.45, 7) is 2.10. The van der Waals surface area contributed by atoms with Crippen LogP contribution in [0, 0.1) is 5.82 Å². The number of nitrogens with one attached hydrogen (secondary N) is 1. The first kappa shape index (κ1) is 16.5. The number of aromatic nitrogens is 1. The molecule has 0 bridgehead atoms. The Kier molecular flexibility index (Phi) is 4.52. The van der Waals surface area contributed by atoms with Crippen LogP contribution in [0.3, 0.4) is 0 Å². The molecule has 26 heavy (non-hydrogen) atoms. The summed E-state index contributed by atoms with van der Waals surface area (Å²) in [5, 5.41) is 4.85. The van der Waals surface area contributed by atoms with Crippen LogP contribution >= 0.6 is 0 Å². The van der Waals surface area contributed by atoms with Crippen molar-refractivity contribution in [3.8, 4) is 0 Å². The number of hydrogen-bond acceptors (Lipinski definition) is 3. The van der Waals surface area contributed by atoms with Gasteiger partial charge in [-0.1, -0.05) is 6.07 Å². The fraction of sp³-hybridized carbons (Fsp3) is 0.238. The van der Waals surface area contributed by atoms with Gasteiger partial charge in [-0.3, -0.25) is 9.78 Å². The Morgan fingerprint density at radius 3 is 2.69 bits per heavy atom. The number of amides is 1. The molecular weight excluding hydrogens is 329 g/mol. The number of fused-ring (bicyclic) bond motifs is 1. The van der Waals surface area contributed by atoms with E-state index in [0.717, 1.165) is 23.9 Å². The van der Waals surface area contributed by atoms with E-state index in [-0.39, 0.29) is 5.91 Å². The Bertz CT molecular complexity index is 951. The minimum atomic E-state index is -0.426. The van der Waals surface area contributed by atoms with E-state index in [1.165, 1.54) is 43.1 Å². The number of carbonyl (C=O) groups excluding carboxylic acids is 1. The monoisotopic (exact) mass is 349 g/mol. The molecule has 1 aliphatic rings. The fourth-order valence-corrected chi connectivity index (χ4v) is 3.52. The number of halogens is 1. The Morgan fingerprint density at radius 2 is 1.88 bits per heavy atom. The predicted molar refractivity (Wildman–Crippen MR) is 102 cm³/mol. The second-order valence-corrected chi connectivity index (χ2v) is 6.57. The van der Waals surface area contributed by atoms with Crippen LogP contribution in [0.25, 0.3) is 10.8 Å². The molecule has 1 amide bonds. The quantitative estimate of drug-likeness (QED) is 0.751. The highest BCUT2D eigenvalue weighted by atomic mass is 19.1. The van der Waals surface area contributed by atoms with Gasteiger partial charge in [0.2, 0.25) is 0 Å². The van der Waals surface area contributed by atoms with Crippen LogP contribution in [0.2, 0.25) is 0 Å². The number of pyridine rings is 1. The maximum Gasteiger partial charge on any atom is 0.255 e. The molecule has 5 heteroatoms. The zero-order valence-electron chi connectivity index (χ0n) is 14.4. The second-order valence-electron chi connectivity index (χ2n) is 6.57. The van der Waals surface area contributed by atoms with Crippen molar-refractivity contribution in [2.45, 2.75) is 19.3 Å². The normalized spacial score (nSPS) is 14.4. The molecule has 2 aromatic carbocycles. The Balaban J connectivity index is 1.69. The summed E-state index contributed by atoms with van der Waals surface area (Å²) in [5.74, 6) is -0.759. The van der Waals surface area contributed by atoms with Crippen molar-refractivity contribution in [3.05, 3.63) is 66.2 Å². The highest BCUT2D eigenvalue weighted by Gasteiger charge is 2.16. The third kappa shape index (κ3) is 3.25. The zero-order valence-corrected chi connectivity index (χ0v) is 14.4. The number of rotatable bonds is 3. The van der Waals surface area contributed by atoms with Crippen molar-refractivity contribution in [3.63, 3.8) is 0 Å². The first-order chi connectivity index (χ1) is 12.7. The van der Waals surface area contributed by atoms with E-state index in [9.17, 15) is 9.18 Å². The molecule has 1 N–H and O–H groups in total. The standard InChI is InChI=1S/C21H20FN3O/c22-16-6-4-5-15(13-16)21(26)24-19-7-8-20(25-11-2-1-3-12-25)17-9-10-23-14-18(17)19/h4-10,13-14H,1-3,11-12H2,(H,24,26). The lowest BCUT2D eigenvalue weighted by Gasteiger charge is -2.30. The number of hydrogen-bond donors (Lipinski definition) is 1. The van der Waals surface area contributed by atoms with Crippen LogP contribution in [-0.2, 0) is 0 Å². The summed E-state index contributed by atoms with van der Waals surface area (Å²) in [4.78, 5) is 19.1. The molecule has 0 aliphatic carbocycles. The molecule has 3 aromatic rings. The maximum atomic E-state index is 13.4. The van der Waals surface area contributed by atoms with Crippen LogP contribution in [-0.4, -0.2) is 24.0 Å². The number of benzene rings is 2. The van der Waals surface area contributed by atoms with Gasteiger partial charge in [-0.2, -0.15) is 0 Å². The summed E-state index contributed by atoms with van der Waals surface area (Å²) in [5.41, 5.74) is 2.15. The Labute approximate surface area is 151 Å². The first-order valence-electron chi connectivity index (χ1n) is 8.91. The van der Waals surface area contributed by atoms with Crippen LogP contribution in [0.4, 0.5) is 15.8 Å². The lowest BCUT2D eigenvalue weighted by molar-refractivity contribution is 0.102. The SMILES string of the molecule is O=C(Nc1ccc(N2CCCCC2)c2ccncc12)c1cccc(F)c1. The highest BCUT2D eigenvalue weighted by molar-refractivity contribution is 6.11. The smallest absolute Gasteiger partial charge is 0.255 e. The van der Waals surface area contributed by atoms with E-state index in [2.05, 4.69) is 21.3 Å². The molecule has 1 saturated heterocycles. The molecule has 0 saturated carbocycles. The summed E-state index contributed by atoms with van der Waals surface area (Å²) >= 11 is 0. The lowest BCUT2D eigenvalue weighted by Crippen LogP contribution is -2.29. The summed E-state index contributed by atoms with van der Waals surface area (Å²) < 4.78 is 13.4. The fourth-order valence-electron chi connectivity index (χ4n) is 3.52. The third-order valence-electron chi connectivity index (χ3n) is 4.83. The average molecular weight is 349 g/mol. The van der Waals surface area contributed by atoms with Gasteiger partial charge in [-0.05, 0) is 55.7 Å². The molecule has 1 aliphatic heterocycles. The maximum absolute atomic E-state index is 13.4. The van der Waals surface area contributed by atoms with Crippen LogP contribution in [0.5, 0.6) is 0 Å². The summed E-state index contributed by atoms with van der Waals surface area (Å²) in [6, 6.07) is 11.6.